The first-order valence-corrected chi connectivity index (χ1v) is 14.5. The van der Waals surface area contributed by atoms with Gasteiger partial charge in [-0.25, -0.2) is 0 Å². The normalized spacial score (nSPS) is 16.8. The molecule has 2 aliphatic rings. The van der Waals surface area contributed by atoms with Gasteiger partial charge in [0.25, 0.3) is 0 Å². The van der Waals surface area contributed by atoms with Crippen LogP contribution in [0.2, 0.25) is 0 Å². The van der Waals surface area contributed by atoms with Crippen molar-refractivity contribution in [2.45, 2.75) is 12.0 Å². The molecule has 1 aliphatic heterocycles. The van der Waals surface area contributed by atoms with Crippen molar-refractivity contribution in [2.24, 2.45) is 0 Å². The van der Waals surface area contributed by atoms with Gasteiger partial charge in [0.1, 0.15) is 11.9 Å². The van der Waals surface area contributed by atoms with Gasteiger partial charge in [-0.15, -0.1) is 0 Å². The summed E-state index contributed by atoms with van der Waals surface area (Å²) in [6.07, 6.45) is 6.53. The van der Waals surface area contributed by atoms with Crippen LogP contribution in [0.3, 0.4) is 0 Å². The molecule has 0 saturated carbocycles. The second-order valence-corrected chi connectivity index (χ2v) is 10.9. The highest BCUT2D eigenvalue weighted by Gasteiger charge is 2.41. The molecule has 1 heterocycles. The number of rotatable bonds is 5. The molecular weight excluding hydrogens is 510 g/mol. The van der Waals surface area contributed by atoms with Crippen LogP contribution in [0, 0.1) is 0 Å². The molecule has 0 saturated heterocycles. The van der Waals surface area contributed by atoms with Gasteiger partial charge in [0.2, 0.25) is 0 Å². The van der Waals surface area contributed by atoms with Crippen LogP contribution in [-0.2, 0) is 0 Å². The highest BCUT2D eigenvalue weighted by Crippen LogP contribution is 2.52. The number of benzene rings is 6. The Hall–Kier alpha value is -5.34. The molecule has 0 N–H and O–H groups in total. The van der Waals surface area contributed by atoms with Gasteiger partial charge in [0.15, 0.2) is 0 Å². The summed E-state index contributed by atoms with van der Waals surface area (Å²) in [5.74, 6) is 1.01. The van der Waals surface area contributed by atoms with Crippen LogP contribution >= 0.6 is 0 Å². The molecule has 1 aliphatic carbocycles. The van der Waals surface area contributed by atoms with E-state index in [0.29, 0.717) is 0 Å². The molecule has 0 aromatic heterocycles. The van der Waals surface area contributed by atoms with Gasteiger partial charge in [-0.2, -0.15) is 0 Å². The van der Waals surface area contributed by atoms with Gasteiger partial charge < -0.3 is 9.64 Å². The van der Waals surface area contributed by atoms with Crippen molar-refractivity contribution in [3.8, 4) is 28.0 Å². The Labute approximate surface area is 246 Å². The zero-order valence-electron chi connectivity index (χ0n) is 23.1. The van der Waals surface area contributed by atoms with E-state index >= 15 is 0 Å². The minimum Gasteiger partial charge on any atom is -0.485 e. The van der Waals surface area contributed by atoms with Gasteiger partial charge in [-0.05, 0) is 75.5 Å². The Morgan fingerprint density at radius 3 is 1.81 bits per heavy atom. The Morgan fingerprint density at radius 2 is 1.10 bits per heavy atom. The van der Waals surface area contributed by atoms with Gasteiger partial charge in [-0.3, -0.25) is 0 Å². The van der Waals surface area contributed by atoms with Crippen molar-refractivity contribution < 1.29 is 4.74 Å². The Bertz CT molecular complexity index is 1940. The third-order valence-corrected chi connectivity index (χ3v) is 8.43. The van der Waals surface area contributed by atoms with Crippen LogP contribution in [0.1, 0.15) is 11.5 Å². The summed E-state index contributed by atoms with van der Waals surface area (Å²) >= 11 is 0. The van der Waals surface area contributed by atoms with Crippen molar-refractivity contribution in [1.29, 1.82) is 0 Å². The first-order valence-electron chi connectivity index (χ1n) is 14.5. The van der Waals surface area contributed by atoms with Crippen LogP contribution < -0.4 is 9.64 Å². The van der Waals surface area contributed by atoms with E-state index in [1.807, 2.05) is 0 Å². The predicted molar refractivity (Wildman–Crippen MR) is 174 cm³/mol. The lowest BCUT2D eigenvalue weighted by molar-refractivity contribution is 0.264. The average molecular weight is 540 g/mol. The minimum atomic E-state index is -0.0794. The van der Waals surface area contributed by atoms with E-state index in [1.54, 1.807) is 0 Å². The molecule has 42 heavy (non-hydrogen) atoms. The molecule has 2 heteroatoms. The predicted octanol–water partition coefficient (Wildman–Crippen LogP) is 10.3. The number of hydrogen-bond donors (Lipinski definition) is 0. The molecular formula is C40H29NO. The SMILES string of the molecule is C1=CC2Oc3cc(-c4ccccc4)c4ccccc4c3C2C(N(c2ccccc2)c2ccc(-c3ccccc3)cc2)=C1. The number of ether oxygens (including phenoxy) is 1. The molecule has 2 nitrogen and oxygen atoms in total. The number of nitrogens with zero attached hydrogens (tertiary/aromatic N) is 1. The Kier molecular flexibility index (Phi) is 5.97. The fourth-order valence-corrected chi connectivity index (χ4v) is 6.53. The zero-order chi connectivity index (χ0) is 27.9. The fraction of sp³-hybridized carbons (Fsp3) is 0.0500. The molecule has 0 amide bonds. The van der Waals surface area contributed by atoms with Crippen molar-refractivity contribution in [3.63, 3.8) is 0 Å². The molecule has 2 unspecified atom stereocenters. The van der Waals surface area contributed by atoms with Crippen LogP contribution in [0.15, 0.2) is 170 Å². The van der Waals surface area contributed by atoms with Crippen molar-refractivity contribution in [3.05, 3.63) is 175 Å². The smallest absolute Gasteiger partial charge is 0.130 e. The fourth-order valence-electron chi connectivity index (χ4n) is 6.53. The van der Waals surface area contributed by atoms with E-state index in [1.165, 1.54) is 44.3 Å². The monoisotopic (exact) mass is 539 g/mol. The van der Waals surface area contributed by atoms with Gasteiger partial charge >= 0.3 is 0 Å². The Morgan fingerprint density at radius 1 is 0.524 bits per heavy atom. The van der Waals surface area contributed by atoms with E-state index in [9.17, 15) is 0 Å². The average Bonchev–Trinajstić information content (AvgIpc) is 3.46. The quantitative estimate of drug-likeness (QED) is 0.216. The number of hydrogen-bond acceptors (Lipinski definition) is 2. The summed E-state index contributed by atoms with van der Waals surface area (Å²) in [5, 5.41) is 2.49. The van der Waals surface area contributed by atoms with E-state index in [-0.39, 0.29) is 12.0 Å². The maximum atomic E-state index is 6.76. The summed E-state index contributed by atoms with van der Waals surface area (Å²) in [4.78, 5) is 2.40. The van der Waals surface area contributed by atoms with Gasteiger partial charge in [0.05, 0.1) is 5.92 Å². The Balaban J connectivity index is 1.28. The summed E-state index contributed by atoms with van der Waals surface area (Å²) in [5.41, 5.74) is 9.54. The van der Waals surface area contributed by atoms with E-state index < -0.39 is 0 Å². The van der Waals surface area contributed by atoms with Crippen molar-refractivity contribution >= 4 is 22.1 Å². The maximum Gasteiger partial charge on any atom is 0.130 e. The van der Waals surface area contributed by atoms with Crippen LogP contribution in [-0.4, -0.2) is 6.10 Å². The second-order valence-electron chi connectivity index (χ2n) is 10.9. The largest absolute Gasteiger partial charge is 0.485 e. The summed E-state index contributed by atoms with van der Waals surface area (Å²) in [6, 6.07) is 51.8. The lowest BCUT2D eigenvalue weighted by Gasteiger charge is -2.34. The van der Waals surface area contributed by atoms with Crippen LogP contribution in [0.4, 0.5) is 11.4 Å². The van der Waals surface area contributed by atoms with E-state index in [4.69, 9.17) is 4.74 Å². The summed E-state index contributed by atoms with van der Waals surface area (Å²) in [6.45, 7) is 0. The summed E-state index contributed by atoms with van der Waals surface area (Å²) in [7, 11) is 0. The highest BCUT2D eigenvalue weighted by molar-refractivity contribution is 6.01. The topological polar surface area (TPSA) is 12.5 Å². The van der Waals surface area contributed by atoms with Crippen molar-refractivity contribution in [2.75, 3.05) is 4.90 Å². The minimum absolute atomic E-state index is 0.0497. The van der Waals surface area contributed by atoms with Crippen molar-refractivity contribution in [1.82, 2.24) is 0 Å². The first-order chi connectivity index (χ1) is 20.8. The second kappa shape index (κ2) is 10.2. The third-order valence-electron chi connectivity index (χ3n) is 8.43. The lowest BCUT2D eigenvalue weighted by atomic mass is 9.83. The van der Waals surface area contributed by atoms with Gasteiger partial charge in [-0.1, -0.05) is 121 Å². The first kappa shape index (κ1) is 24.5. The number of anilines is 2. The molecule has 0 bridgehead atoms. The van der Waals surface area contributed by atoms with E-state index in [2.05, 4.69) is 169 Å². The highest BCUT2D eigenvalue weighted by atomic mass is 16.5. The molecule has 0 radical (unpaired) electrons. The van der Waals surface area contributed by atoms with E-state index in [0.717, 1.165) is 17.1 Å². The molecule has 6 aromatic rings. The number of fused-ring (bicyclic) bond motifs is 5. The lowest BCUT2D eigenvalue weighted by Crippen LogP contribution is -2.29. The third kappa shape index (κ3) is 4.12. The number of allylic oxidation sites excluding steroid dienone is 2. The van der Waals surface area contributed by atoms with Gasteiger partial charge in [0, 0.05) is 22.6 Å². The molecule has 0 spiro atoms. The molecule has 0 fully saturated rings. The molecule has 6 aromatic carbocycles. The van der Waals surface area contributed by atoms with Crippen LogP contribution in [0.5, 0.6) is 5.75 Å². The van der Waals surface area contributed by atoms with Crippen LogP contribution in [0.25, 0.3) is 33.0 Å². The number of para-hydroxylation sites is 1. The molecule has 200 valence electrons. The summed E-state index contributed by atoms with van der Waals surface area (Å²) < 4.78 is 6.76. The maximum absolute atomic E-state index is 6.76. The molecule has 2 atom stereocenters. The standard InChI is InChI=1S/C40H29NO/c1-4-13-28(14-5-1)29-23-25-32(26-24-29)41(31-17-8-3-9-18-31)36-21-12-22-37-40(36)39-34-20-11-10-19-33(34)35(27-38(39)42-37)30-15-6-2-7-16-30/h1-27,37,40H. The zero-order valence-corrected chi connectivity index (χ0v) is 23.1. The molecule has 8 rings (SSSR count).